The van der Waals surface area contributed by atoms with Crippen LogP contribution in [-0.4, -0.2) is 41.8 Å². The van der Waals surface area contributed by atoms with Crippen molar-refractivity contribution in [1.29, 1.82) is 0 Å². The molecule has 0 radical (unpaired) electrons. The van der Waals surface area contributed by atoms with Crippen LogP contribution in [0.5, 0.6) is 0 Å². The van der Waals surface area contributed by atoms with Gasteiger partial charge in [-0.25, -0.2) is 4.68 Å². The van der Waals surface area contributed by atoms with E-state index in [4.69, 9.17) is 0 Å². The molecule has 7 nitrogen and oxygen atoms in total. The molecule has 0 atom stereocenters. The fraction of sp³-hybridized carbons (Fsp3) is 0.190. The van der Waals surface area contributed by atoms with E-state index in [-0.39, 0.29) is 12.5 Å². The van der Waals surface area contributed by atoms with E-state index in [2.05, 4.69) is 38.2 Å². The first-order chi connectivity index (χ1) is 13.7. The number of aliphatic imine (C=N–C) groups is 1. The molecule has 0 saturated carbocycles. The van der Waals surface area contributed by atoms with Gasteiger partial charge in [-0.3, -0.25) is 9.79 Å². The van der Waals surface area contributed by atoms with Gasteiger partial charge < -0.3 is 16.0 Å². The van der Waals surface area contributed by atoms with E-state index in [1.807, 2.05) is 59.4 Å². The standard InChI is InChI=1S/C21H24N6O/c1-22-21(24-16-20(28)26-18-6-3-2-4-7-18)23-14-12-17-8-10-19(11-9-17)27-15-5-13-25-27/h2-11,13,15H,12,14,16H2,1H3,(H,26,28)(H2,22,23,24). The molecule has 28 heavy (non-hydrogen) atoms. The van der Waals surface area contributed by atoms with E-state index in [0.717, 1.165) is 17.8 Å². The van der Waals surface area contributed by atoms with Gasteiger partial charge in [0.05, 0.1) is 12.2 Å². The highest BCUT2D eigenvalue weighted by Gasteiger charge is 2.04. The third-order valence-electron chi connectivity index (χ3n) is 4.11. The summed E-state index contributed by atoms with van der Waals surface area (Å²) in [5, 5.41) is 13.3. The van der Waals surface area contributed by atoms with E-state index in [1.165, 1.54) is 5.56 Å². The first-order valence-corrected chi connectivity index (χ1v) is 9.13. The molecule has 3 rings (SSSR count). The fourth-order valence-electron chi connectivity index (χ4n) is 2.67. The number of carbonyl (C=O) groups excluding carboxylic acids is 1. The Labute approximate surface area is 164 Å². The summed E-state index contributed by atoms with van der Waals surface area (Å²) in [4.78, 5) is 16.1. The van der Waals surface area contributed by atoms with Crippen LogP contribution in [0.4, 0.5) is 5.69 Å². The number of amides is 1. The second kappa shape index (κ2) is 9.91. The van der Waals surface area contributed by atoms with Crippen molar-refractivity contribution < 1.29 is 4.79 Å². The molecular weight excluding hydrogens is 352 g/mol. The van der Waals surface area contributed by atoms with Crippen molar-refractivity contribution >= 4 is 17.6 Å². The van der Waals surface area contributed by atoms with Crippen molar-refractivity contribution in [2.24, 2.45) is 4.99 Å². The number of anilines is 1. The van der Waals surface area contributed by atoms with Crippen molar-refractivity contribution in [1.82, 2.24) is 20.4 Å². The summed E-state index contributed by atoms with van der Waals surface area (Å²) in [5.74, 6) is 0.472. The minimum absolute atomic E-state index is 0.122. The largest absolute Gasteiger partial charge is 0.356 e. The molecular formula is C21H24N6O. The smallest absolute Gasteiger partial charge is 0.243 e. The zero-order valence-corrected chi connectivity index (χ0v) is 15.8. The number of hydrogen-bond donors (Lipinski definition) is 3. The Bertz CT molecular complexity index is 888. The molecule has 0 bridgehead atoms. The molecule has 1 amide bonds. The molecule has 144 valence electrons. The molecule has 0 saturated heterocycles. The monoisotopic (exact) mass is 376 g/mol. The maximum atomic E-state index is 12.0. The second-order valence-corrected chi connectivity index (χ2v) is 6.13. The molecule has 2 aromatic carbocycles. The molecule has 0 aliphatic carbocycles. The highest BCUT2D eigenvalue weighted by Crippen LogP contribution is 2.08. The van der Waals surface area contributed by atoms with Crippen LogP contribution < -0.4 is 16.0 Å². The molecule has 7 heteroatoms. The average Bonchev–Trinajstić information content (AvgIpc) is 3.26. The van der Waals surface area contributed by atoms with Crippen molar-refractivity contribution in [2.75, 3.05) is 25.5 Å². The third-order valence-corrected chi connectivity index (χ3v) is 4.11. The van der Waals surface area contributed by atoms with Crippen molar-refractivity contribution in [2.45, 2.75) is 6.42 Å². The van der Waals surface area contributed by atoms with Gasteiger partial charge in [-0.05, 0) is 42.3 Å². The second-order valence-electron chi connectivity index (χ2n) is 6.13. The zero-order valence-electron chi connectivity index (χ0n) is 15.8. The summed E-state index contributed by atoms with van der Waals surface area (Å²) >= 11 is 0. The summed E-state index contributed by atoms with van der Waals surface area (Å²) in [6, 6.07) is 19.5. The zero-order chi connectivity index (χ0) is 19.6. The van der Waals surface area contributed by atoms with Crippen LogP contribution in [0, 0.1) is 0 Å². The lowest BCUT2D eigenvalue weighted by atomic mass is 10.1. The molecule has 0 unspecified atom stereocenters. The van der Waals surface area contributed by atoms with Crippen molar-refractivity contribution in [3.8, 4) is 5.69 Å². The number of nitrogens with zero attached hydrogens (tertiary/aromatic N) is 3. The Kier molecular flexibility index (Phi) is 6.78. The van der Waals surface area contributed by atoms with Crippen LogP contribution in [-0.2, 0) is 11.2 Å². The van der Waals surface area contributed by atoms with E-state index in [1.54, 1.807) is 13.2 Å². The number of aromatic nitrogens is 2. The minimum atomic E-state index is -0.122. The SMILES string of the molecule is CN=C(NCCc1ccc(-n2cccn2)cc1)NCC(=O)Nc1ccccc1. The molecule has 0 fully saturated rings. The van der Waals surface area contributed by atoms with Crippen LogP contribution in [0.2, 0.25) is 0 Å². The summed E-state index contributed by atoms with van der Waals surface area (Å²) in [6.45, 7) is 0.855. The number of para-hydroxylation sites is 1. The number of nitrogens with one attached hydrogen (secondary N) is 3. The lowest BCUT2D eigenvalue weighted by Crippen LogP contribution is -2.42. The van der Waals surface area contributed by atoms with Crippen LogP contribution in [0.3, 0.4) is 0 Å². The van der Waals surface area contributed by atoms with Gasteiger partial charge in [-0.1, -0.05) is 30.3 Å². The molecule has 3 aromatic rings. The Morgan fingerprint density at radius 2 is 1.82 bits per heavy atom. The number of rotatable bonds is 7. The molecule has 0 aliphatic rings. The Morgan fingerprint density at radius 3 is 2.50 bits per heavy atom. The number of carbonyl (C=O) groups is 1. The number of hydrogen-bond acceptors (Lipinski definition) is 3. The predicted molar refractivity (Wildman–Crippen MR) is 112 cm³/mol. The van der Waals surface area contributed by atoms with Crippen molar-refractivity contribution in [3.05, 3.63) is 78.6 Å². The van der Waals surface area contributed by atoms with E-state index < -0.39 is 0 Å². The van der Waals surface area contributed by atoms with Gasteiger partial charge >= 0.3 is 0 Å². The quantitative estimate of drug-likeness (QED) is 0.436. The van der Waals surface area contributed by atoms with Gasteiger partial charge in [-0.15, -0.1) is 0 Å². The molecule has 1 aromatic heterocycles. The Hall–Kier alpha value is -3.61. The van der Waals surface area contributed by atoms with Gasteiger partial charge in [0.1, 0.15) is 0 Å². The van der Waals surface area contributed by atoms with Crippen LogP contribution >= 0.6 is 0 Å². The predicted octanol–water partition coefficient (Wildman–Crippen LogP) is 2.22. The lowest BCUT2D eigenvalue weighted by Gasteiger charge is -2.12. The number of guanidine groups is 1. The van der Waals surface area contributed by atoms with Crippen LogP contribution in [0.15, 0.2) is 78.0 Å². The minimum Gasteiger partial charge on any atom is -0.356 e. The van der Waals surface area contributed by atoms with Gasteiger partial charge in [0.15, 0.2) is 5.96 Å². The topological polar surface area (TPSA) is 83.3 Å². The number of benzene rings is 2. The van der Waals surface area contributed by atoms with E-state index in [0.29, 0.717) is 12.5 Å². The normalized spacial score (nSPS) is 11.1. The first kappa shape index (κ1) is 19.2. The van der Waals surface area contributed by atoms with E-state index in [9.17, 15) is 4.79 Å². The van der Waals surface area contributed by atoms with Gasteiger partial charge in [-0.2, -0.15) is 5.10 Å². The van der Waals surface area contributed by atoms with Crippen molar-refractivity contribution in [3.63, 3.8) is 0 Å². The van der Waals surface area contributed by atoms with Crippen LogP contribution in [0.25, 0.3) is 5.69 Å². The first-order valence-electron chi connectivity index (χ1n) is 9.13. The van der Waals surface area contributed by atoms with Gasteiger partial charge in [0.2, 0.25) is 5.91 Å². The third kappa shape index (κ3) is 5.70. The van der Waals surface area contributed by atoms with E-state index >= 15 is 0 Å². The fourth-order valence-corrected chi connectivity index (χ4v) is 2.67. The highest BCUT2D eigenvalue weighted by molar-refractivity contribution is 5.94. The molecule has 0 spiro atoms. The molecule has 1 heterocycles. The average molecular weight is 376 g/mol. The summed E-state index contributed by atoms with van der Waals surface area (Å²) in [7, 11) is 1.68. The van der Waals surface area contributed by atoms with Gasteiger partial charge in [0, 0.05) is 31.7 Å². The van der Waals surface area contributed by atoms with Gasteiger partial charge in [0.25, 0.3) is 0 Å². The van der Waals surface area contributed by atoms with Crippen LogP contribution in [0.1, 0.15) is 5.56 Å². The molecule has 3 N–H and O–H groups in total. The summed E-state index contributed by atoms with van der Waals surface area (Å²) in [5.41, 5.74) is 3.01. The Balaban J connectivity index is 1.40. The maximum absolute atomic E-state index is 12.0. The Morgan fingerprint density at radius 1 is 1.04 bits per heavy atom. The summed E-state index contributed by atoms with van der Waals surface area (Å²) in [6.07, 6.45) is 4.52. The highest BCUT2D eigenvalue weighted by atomic mass is 16.1. The summed E-state index contributed by atoms with van der Waals surface area (Å²) < 4.78 is 1.83. The lowest BCUT2D eigenvalue weighted by molar-refractivity contribution is -0.115. The molecule has 0 aliphatic heterocycles. The maximum Gasteiger partial charge on any atom is 0.243 e.